The molecule has 0 spiro atoms. The number of rotatable bonds is 4. The highest BCUT2D eigenvalue weighted by Gasteiger charge is 1.98. The van der Waals surface area contributed by atoms with Crippen LogP contribution in [-0.4, -0.2) is 18.4 Å². The standard InChI is InChI=1S/C7H8O3.CH4/c1-3-6(8)5-10-7(9)4-2;/h3-4H,1-2,5H2;1H4. The maximum Gasteiger partial charge on any atom is 0.330 e. The van der Waals surface area contributed by atoms with Gasteiger partial charge in [-0.05, 0) is 6.08 Å². The van der Waals surface area contributed by atoms with Gasteiger partial charge in [0.1, 0.15) is 0 Å². The fourth-order valence-corrected chi connectivity index (χ4v) is 0.260. The van der Waals surface area contributed by atoms with Gasteiger partial charge < -0.3 is 4.74 Å². The van der Waals surface area contributed by atoms with Crippen LogP contribution in [0, 0.1) is 0 Å². The second kappa shape index (κ2) is 6.74. The molecule has 0 heterocycles. The van der Waals surface area contributed by atoms with Crippen molar-refractivity contribution in [2.24, 2.45) is 0 Å². The second-order valence-corrected chi connectivity index (χ2v) is 1.48. The molecule has 0 aliphatic rings. The Kier molecular flexibility index (Phi) is 7.54. The van der Waals surface area contributed by atoms with E-state index in [2.05, 4.69) is 17.9 Å². The number of carbonyl (C=O) groups is 2. The third-order valence-electron chi connectivity index (χ3n) is 0.751. The molecule has 0 atom stereocenters. The Hall–Kier alpha value is -1.38. The van der Waals surface area contributed by atoms with Crippen molar-refractivity contribution in [3.8, 4) is 0 Å². The first-order valence-electron chi connectivity index (χ1n) is 2.65. The minimum atomic E-state index is -0.602. The molecule has 0 rings (SSSR count). The van der Waals surface area contributed by atoms with E-state index in [4.69, 9.17) is 0 Å². The van der Waals surface area contributed by atoms with E-state index in [1.807, 2.05) is 0 Å². The highest BCUT2D eigenvalue weighted by Crippen LogP contribution is 1.80. The lowest BCUT2D eigenvalue weighted by Gasteiger charge is -1.95. The molecule has 0 aliphatic heterocycles. The predicted octanol–water partition coefficient (Wildman–Crippen LogP) is 1.11. The van der Waals surface area contributed by atoms with Gasteiger partial charge in [0, 0.05) is 6.08 Å². The molecule has 3 nitrogen and oxygen atoms in total. The number of carbonyl (C=O) groups excluding carboxylic acids is 2. The summed E-state index contributed by atoms with van der Waals surface area (Å²) in [7, 11) is 0. The number of hydrogen-bond acceptors (Lipinski definition) is 3. The van der Waals surface area contributed by atoms with E-state index in [-0.39, 0.29) is 19.8 Å². The maximum absolute atomic E-state index is 10.4. The van der Waals surface area contributed by atoms with E-state index in [1.54, 1.807) is 0 Å². The molecule has 0 N–H and O–H groups in total. The summed E-state index contributed by atoms with van der Waals surface area (Å²) in [4.78, 5) is 20.7. The Balaban J connectivity index is 0. The van der Waals surface area contributed by atoms with Crippen LogP contribution < -0.4 is 0 Å². The largest absolute Gasteiger partial charge is 0.454 e. The molecule has 0 aliphatic carbocycles. The van der Waals surface area contributed by atoms with E-state index >= 15 is 0 Å². The quantitative estimate of drug-likeness (QED) is 0.452. The van der Waals surface area contributed by atoms with Gasteiger partial charge in [0.15, 0.2) is 12.4 Å². The van der Waals surface area contributed by atoms with Gasteiger partial charge in [-0.1, -0.05) is 20.6 Å². The SMILES string of the molecule is C.C=CC(=O)COC(=O)C=C. The summed E-state index contributed by atoms with van der Waals surface area (Å²) >= 11 is 0. The van der Waals surface area contributed by atoms with Crippen molar-refractivity contribution >= 4 is 11.8 Å². The summed E-state index contributed by atoms with van der Waals surface area (Å²) < 4.78 is 4.37. The molecule has 0 radical (unpaired) electrons. The minimum Gasteiger partial charge on any atom is -0.454 e. The van der Waals surface area contributed by atoms with Gasteiger partial charge >= 0.3 is 5.97 Å². The van der Waals surface area contributed by atoms with Crippen molar-refractivity contribution in [2.75, 3.05) is 6.61 Å². The zero-order valence-corrected chi connectivity index (χ0v) is 5.50. The van der Waals surface area contributed by atoms with Gasteiger partial charge in [-0.15, -0.1) is 0 Å². The van der Waals surface area contributed by atoms with Crippen molar-refractivity contribution in [2.45, 2.75) is 7.43 Å². The molecule has 0 aromatic rings. The van der Waals surface area contributed by atoms with Crippen molar-refractivity contribution in [3.63, 3.8) is 0 Å². The molecule has 0 aromatic carbocycles. The first-order valence-corrected chi connectivity index (χ1v) is 2.65. The zero-order valence-electron chi connectivity index (χ0n) is 5.50. The molecule has 0 unspecified atom stereocenters. The fourth-order valence-electron chi connectivity index (χ4n) is 0.260. The summed E-state index contributed by atoms with van der Waals surface area (Å²) in [5.41, 5.74) is 0. The number of ether oxygens (including phenoxy) is 1. The smallest absolute Gasteiger partial charge is 0.330 e. The molecule has 0 aromatic heterocycles. The molecule has 0 saturated carbocycles. The average Bonchev–Trinajstić information content (AvgIpc) is 1.99. The molecule has 62 valence electrons. The zero-order chi connectivity index (χ0) is 7.98. The van der Waals surface area contributed by atoms with Gasteiger partial charge in [-0.3, -0.25) is 4.79 Å². The lowest BCUT2D eigenvalue weighted by atomic mass is 10.4. The predicted molar refractivity (Wildman–Crippen MR) is 43.1 cm³/mol. The lowest BCUT2D eigenvalue weighted by molar-refractivity contribution is -0.141. The summed E-state index contributed by atoms with van der Waals surface area (Å²) in [5.74, 6) is -0.926. The van der Waals surface area contributed by atoms with E-state index in [0.29, 0.717) is 0 Å². The van der Waals surface area contributed by atoms with Gasteiger partial charge in [0.2, 0.25) is 0 Å². The molecule has 3 heteroatoms. The Labute approximate surface area is 66.4 Å². The molecule has 0 fully saturated rings. The summed E-state index contributed by atoms with van der Waals surface area (Å²) in [6.07, 6.45) is 2.09. The normalized spacial score (nSPS) is 7.27. The number of hydrogen-bond donors (Lipinski definition) is 0. The first-order chi connectivity index (χ1) is 4.70. The Morgan fingerprint density at radius 2 is 1.82 bits per heavy atom. The van der Waals surface area contributed by atoms with Crippen molar-refractivity contribution < 1.29 is 14.3 Å². The van der Waals surface area contributed by atoms with Crippen LogP contribution in [0.4, 0.5) is 0 Å². The number of esters is 1. The Morgan fingerprint density at radius 1 is 1.27 bits per heavy atom. The van der Waals surface area contributed by atoms with Crippen LogP contribution in [0.5, 0.6) is 0 Å². The topological polar surface area (TPSA) is 43.4 Å². The third-order valence-corrected chi connectivity index (χ3v) is 0.751. The van der Waals surface area contributed by atoms with Crippen LogP contribution >= 0.6 is 0 Å². The summed E-state index contributed by atoms with van der Waals surface area (Å²) in [6.45, 7) is 6.09. The van der Waals surface area contributed by atoms with Gasteiger partial charge in [0.05, 0.1) is 0 Å². The maximum atomic E-state index is 10.4. The highest BCUT2D eigenvalue weighted by molar-refractivity contribution is 5.92. The van der Waals surface area contributed by atoms with Crippen LogP contribution in [0.25, 0.3) is 0 Å². The van der Waals surface area contributed by atoms with Gasteiger partial charge in [0.25, 0.3) is 0 Å². The lowest BCUT2D eigenvalue weighted by Crippen LogP contribution is -2.09. The molecule has 0 saturated heterocycles. The summed E-state index contributed by atoms with van der Waals surface area (Å²) in [5, 5.41) is 0. The van der Waals surface area contributed by atoms with Crippen LogP contribution in [-0.2, 0) is 14.3 Å². The molecular formula is C8H12O3. The molecular weight excluding hydrogens is 144 g/mol. The Bertz CT molecular complexity index is 150. The molecule has 0 amide bonds. The Morgan fingerprint density at radius 3 is 2.18 bits per heavy atom. The molecule has 11 heavy (non-hydrogen) atoms. The first kappa shape index (κ1) is 12.3. The van der Waals surface area contributed by atoms with Crippen LogP contribution in [0.1, 0.15) is 7.43 Å². The third kappa shape index (κ3) is 6.51. The van der Waals surface area contributed by atoms with E-state index in [1.165, 1.54) is 0 Å². The van der Waals surface area contributed by atoms with Gasteiger partial charge in [-0.25, -0.2) is 4.79 Å². The van der Waals surface area contributed by atoms with Crippen molar-refractivity contribution in [1.29, 1.82) is 0 Å². The van der Waals surface area contributed by atoms with E-state index < -0.39 is 5.97 Å². The van der Waals surface area contributed by atoms with Gasteiger partial charge in [-0.2, -0.15) is 0 Å². The summed E-state index contributed by atoms with van der Waals surface area (Å²) in [6, 6.07) is 0. The van der Waals surface area contributed by atoms with Crippen LogP contribution in [0.15, 0.2) is 25.3 Å². The van der Waals surface area contributed by atoms with Crippen LogP contribution in [0.2, 0.25) is 0 Å². The average molecular weight is 156 g/mol. The van der Waals surface area contributed by atoms with Crippen molar-refractivity contribution in [1.82, 2.24) is 0 Å². The van der Waals surface area contributed by atoms with Crippen LogP contribution in [0.3, 0.4) is 0 Å². The minimum absolute atomic E-state index is 0. The fraction of sp³-hybridized carbons (Fsp3) is 0.250. The second-order valence-electron chi connectivity index (χ2n) is 1.48. The van der Waals surface area contributed by atoms with E-state index in [0.717, 1.165) is 12.2 Å². The monoisotopic (exact) mass is 156 g/mol. The van der Waals surface area contributed by atoms with Crippen molar-refractivity contribution in [3.05, 3.63) is 25.3 Å². The number of ketones is 1. The van der Waals surface area contributed by atoms with E-state index in [9.17, 15) is 9.59 Å². The molecule has 0 bridgehead atoms. The highest BCUT2D eigenvalue weighted by atomic mass is 16.5.